The van der Waals surface area contributed by atoms with Crippen molar-refractivity contribution in [2.75, 3.05) is 26.7 Å². The van der Waals surface area contributed by atoms with Gasteiger partial charge in [-0.2, -0.15) is 4.31 Å². The first-order valence-electron chi connectivity index (χ1n) is 8.68. The Morgan fingerprint density at radius 2 is 1.74 bits per heavy atom. The van der Waals surface area contributed by atoms with Crippen LogP contribution in [0.2, 0.25) is 0 Å². The van der Waals surface area contributed by atoms with E-state index in [2.05, 4.69) is 4.90 Å². The molecule has 2 heterocycles. The summed E-state index contributed by atoms with van der Waals surface area (Å²) in [6, 6.07) is 8.89. The zero-order valence-electron chi connectivity index (χ0n) is 14.6. The molecule has 2 aromatic carbocycles. The minimum absolute atomic E-state index is 0.0110. The van der Waals surface area contributed by atoms with Gasteiger partial charge in [0.25, 0.3) is 0 Å². The van der Waals surface area contributed by atoms with E-state index in [0.29, 0.717) is 13.1 Å². The second-order valence-corrected chi connectivity index (χ2v) is 9.20. The third kappa shape index (κ3) is 3.15. The van der Waals surface area contributed by atoms with Crippen LogP contribution in [0.4, 0.5) is 13.2 Å². The molecule has 0 amide bonds. The number of hydrogen-bond acceptors (Lipinski definition) is 3. The predicted molar refractivity (Wildman–Crippen MR) is 93.9 cm³/mol. The van der Waals surface area contributed by atoms with Gasteiger partial charge in [0.15, 0.2) is 11.6 Å². The first-order chi connectivity index (χ1) is 12.8. The quantitative estimate of drug-likeness (QED) is 0.801. The lowest BCUT2D eigenvalue weighted by molar-refractivity contribution is 0.260. The summed E-state index contributed by atoms with van der Waals surface area (Å²) in [6.45, 7) is 1.26. The van der Waals surface area contributed by atoms with Crippen molar-refractivity contribution in [1.82, 2.24) is 9.21 Å². The van der Waals surface area contributed by atoms with E-state index < -0.39 is 21.7 Å². The third-order valence-corrected chi connectivity index (χ3v) is 7.41. The summed E-state index contributed by atoms with van der Waals surface area (Å²) in [5.74, 6) is -2.48. The molecular formula is C19H19F3N2O2S. The molecule has 2 fully saturated rings. The summed E-state index contributed by atoms with van der Waals surface area (Å²) in [5.41, 5.74) is 0.817. The summed E-state index contributed by atoms with van der Waals surface area (Å²) in [6.07, 6.45) is 0. The number of likely N-dealkylation sites (tertiary alicyclic amines) is 1. The van der Waals surface area contributed by atoms with Crippen molar-refractivity contribution in [2.45, 2.75) is 10.9 Å². The van der Waals surface area contributed by atoms with Gasteiger partial charge >= 0.3 is 0 Å². The van der Waals surface area contributed by atoms with Gasteiger partial charge in [-0.05, 0) is 54.8 Å². The van der Waals surface area contributed by atoms with Crippen LogP contribution in [0.1, 0.15) is 11.6 Å². The SMILES string of the molecule is CN1C[C@H]2CN(S(=O)(=O)c3ccc(F)c(F)c3)C[C@H]2[C@@H]1c1cccc(F)c1. The summed E-state index contributed by atoms with van der Waals surface area (Å²) >= 11 is 0. The standard InChI is InChI=1S/C19H19F3N2O2S/c1-23-9-13-10-24(27(25,26)15-5-6-17(21)18(22)8-15)11-16(13)19(23)12-3-2-4-14(20)7-12/h2-8,13,16,19H,9-11H2,1H3/t13-,16+,19-/m0/s1. The molecule has 0 saturated carbocycles. The maximum atomic E-state index is 13.7. The summed E-state index contributed by atoms with van der Waals surface area (Å²) in [7, 11) is -1.97. The molecule has 0 aromatic heterocycles. The van der Waals surface area contributed by atoms with Crippen LogP contribution in [0.25, 0.3) is 0 Å². The zero-order valence-corrected chi connectivity index (χ0v) is 15.5. The Hall–Kier alpha value is -1.90. The van der Waals surface area contributed by atoms with Gasteiger partial charge in [-0.25, -0.2) is 21.6 Å². The van der Waals surface area contributed by atoms with Crippen LogP contribution in [-0.2, 0) is 10.0 Å². The first kappa shape index (κ1) is 18.5. The average molecular weight is 396 g/mol. The predicted octanol–water partition coefficient (Wildman–Crippen LogP) is 3.03. The van der Waals surface area contributed by atoms with Crippen molar-refractivity contribution in [3.05, 3.63) is 65.5 Å². The van der Waals surface area contributed by atoms with Crippen molar-refractivity contribution in [1.29, 1.82) is 0 Å². The van der Waals surface area contributed by atoms with E-state index in [1.807, 2.05) is 13.1 Å². The lowest BCUT2D eigenvalue weighted by Crippen LogP contribution is -2.33. The van der Waals surface area contributed by atoms with Gasteiger partial charge in [0.1, 0.15) is 5.82 Å². The van der Waals surface area contributed by atoms with Gasteiger partial charge in [0.05, 0.1) is 4.90 Å². The second-order valence-electron chi connectivity index (χ2n) is 7.26. The fourth-order valence-corrected chi connectivity index (χ4v) is 5.94. The fraction of sp³-hybridized carbons (Fsp3) is 0.368. The minimum Gasteiger partial charge on any atom is -0.299 e. The van der Waals surface area contributed by atoms with Crippen molar-refractivity contribution >= 4 is 10.0 Å². The molecule has 2 aliphatic rings. The molecule has 4 nitrogen and oxygen atoms in total. The molecule has 4 rings (SSSR count). The molecule has 2 aromatic rings. The summed E-state index contributed by atoms with van der Waals surface area (Å²) in [5, 5.41) is 0. The number of fused-ring (bicyclic) bond motifs is 1. The zero-order chi connectivity index (χ0) is 19.3. The first-order valence-corrected chi connectivity index (χ1v) is 10.1. The molecule has 27 heavy (non-hydrogen) atoms. The van der Waals surface area contributed by atoms with E-state index in [1.54, 1.807) is 6.07 Å². The molecule has 0 N–H and O–H groups in total. The number of nitrogens with zero attached hydrogens (tertiary/aromatic N) is 2. The molecule has 144 valence electrons. The van der Waals surface area contributed by atoms with Crippen LogP contribution in [0.5, 0.6) is 0 Å². The topological polar surface area (TPSA) is 40.6 Å². The van der Waals surface area contributed by atoms with Crippen LogP contribution >= 0.6 is 0 Å². The molecule has 3 atom stereocenters. The highest BCUT2D eigenvalue weighted by Gasteiger charge is 2.49. The Balaban J connectivity index is 1.62. The molecule has 2 aliphatic heterocycles. The van der Waals surface area contributed by atoms with E-state index in [0.717, 1.165) is 23.8 Å². The van der Waals surface area contributed by atoms with Gasteiger partial charge < -0.3 is 0 Å². The Bertz CT molecular complexity index is 983. The Labute approximate surface area is 156 Å². The maximum Gasteiger partial charge on any atom is 0.243 e. The molecule has 0 radical (unpaired) electrons. The maximum absolute atomic E-state index is 13.7. The Morgan fingerprint density at radius 1 is 0.963 bits per heavy atom. The number of hydrogen-bond donors (Lipinski definition) is 0. The van der Waals surface area contributed by atoms with Crippen LogP contribution in [0.3, 0.4) is 0 Å². The Kier molecular flexibility index (Phi) is 4.52. The molecule has 0 bridgehead atoms. The smallest absolute Gasteiger partial charge is 0.243 e. The van der Waals surface area contributed by atoms with Crippen LogP contribution in [-0.4, -0.2) is 44.3 Å². The van der Waals surface area contributed by atoms with Crippen LogP contribution in [0.15, 0.2) is 47.4 Å². The lowest BCUT2D eigenvalue weighted by Gasteiger charge is -2.26. The van der Waals surface area contributed by atoms with Crippen LogP contribution in [0, 0.1) is 29.3 Å². The van der Waals surface area contributed by atoms with Gasteiger partial charge in [-0.1, -0.05) is 12.1 Å². The van der Waals surface area contributed by atoms with E-state index in [-0.39, 0.29) is 35.1 Å². The molecule has 2 saturated heterocycles. The third-order valence-electron chi connectivity index (χ3n) is 5.58. The molecule has 0 spiro atoms. The van der Waals surface area contributed by atoms with E-state index in [9.17, 15) is 21.6 Å². The van der Waals surface area contributed by atoms with Gasteiger partial charge in [-0.15, -0.1) is 0 Å². The highest BCUT2D eigenvalue weighted by atomic mass is 32.2. The number of sulfonamides is 1. The molecule has 0 unspecified atom stereocenters. The molecule has 0 aliphatic carbocycles. The minimum atomic E-state index is -3.92. The van der Waals surface area contributed by atoms with Crippen molar-refractivity contribution in [3.63, 3.8) is 0 Å². The van der Waals surface area contributed by atoms with Crippen molar-refractivity contribution in [2.24, 2.45) is 11.8 Å². The van der Waals surface area contributed by atoms with E-state index in [1.165, 1.54) is 16.4 Å². The molecule has 8 heteroatoms. The average Bonchev–Trinajstić information content (AvgIpc) is 3.14. The van der Waals surface area contributed by atoms with Crippen molar-refractivity contribution in [3.8, 4) is 0 Å². The van der Waals surface area contributed by atoms with Crippen LogP contribution < -0.4 is 0 Å². The summed E-state index contributed by atoms with van der Waals surface area (Å²) < 4.78 is 67.4. The summed E-state index contributed by atoms with van der Waals surface area (Å²) in [4.78, 5) is 1.86. The number of halogens is 3. The second kappa shape index (κ2) is 6.61. The lowest BCUT2D eigenvalue weighted by atomic mass is 9.89. The highest BCUT2D eigenvalue weighted by molar-refractivity contribution is 7.89. The van der Waals surface area contributed by atoms with Crippen molar-refractivity contribution < 1.29 is 21.6 Å². The van der Waals surface area contributed by atoms with Gasteiger partial charge in [-0.3, -0.25) is 4.90 Å². The monoisotopic (exact) mass is 396 g/mol. The molecular weight excluding hydrogens is 377 g/mol. The van der Waals surface area contributed by atoms with E-state index in [4.69, 9.17) is 0 Å². The highest BCUT2D eigenvalue weighted by Crippen LogP contribution is 2.45. The number of rotatable bonds is 3. The number of benzene rings is 2. The van der Waals surface area contributed by atoms with Gasteiger partial charge in [0, 0.05) is 25.7 Å². The normalized spacial score (nSPS) is 26.4. The Morgan fingerprint density at radius 3 is 2.44 bits per heavy atom. The van der Waals surface area contributed by atoms with E-state index >= 15 is 0 Å². The van der Waals surface area contributed by atoms with Gasteiger partial charge in [0.2, 0.25) is 10.0 Å². The largest absolute Gasteiger partial charge is 0.299 e. The fourth-order valence-electron chi connectivity index (χ4n) is 4.39.